The molecule has 2 fully saturated rings. The van der Waals surface area contributed by atoms with Crippen LogP contribution in [0.1, 0.15) is 57.4 Å². The number of likely N-dealkylation sites (N-methyl/N-ethyl adjacent to an activating group) is 1. The molecule has 3 aliphatic rings. The van der Waals surface area contributed by atoms with E-state index in [1.54, 1.807) is 6.92 Å². The van der Waals surface area contributed by atoms with Gasteiger partial charge in [-0.05, 0) is 56.6 Å². The molecule has 0 bridgehead atoms. The number of carbonyl (C=O) groups excluding carboxylic acids is 3. The van der Waals surface area contributed by atoms with E-state index in [2.05, 4.69) is 12.1 Å². The van der Waals surface area contributed by atoms with E-state index >= 15 is 0 Å². The maximum atomic E-state index is 13.7. The van der Waals surface area contributed by atoms with E-state index in [1.807, 2.05) is 33.9 Å². The number of amides is 3. The summed E-state index contributed by atoms with van der Waals surface area (Å²) in [4.78, 5) is 44.4. The molecule has 7 nitrogen and oxygen atoms in total. The third kappa shape index (κ3) is 5.39. The van der Waals surface area contributed by atoms with Gasteiger partial charge in [-0.1, -0.05) is 24.6 Å². The van der Waals surface area contributed by atoms with Crippen molar-refractivity contribution in [3.05, 3.63) is 29.8 Å². The highest BCUT2D eigenvalue weighted by Gasteiger charge is 2.45. The first-order chi connectivity index (χ1) is 16.4. The summed E-state index contributed by atoms with van der Waals surface area (Å²) >= 11 is 0. The zero-order valence-corrected chi connectivity index (χ0v) is 20.8. The van der Waals surface area contributed by atoms with Crippen LogP contribution in [0.15, 0.2) is 24.3 Å². The topological polar surface area (TPSA) is 70.2 Å². The molecule has 1 unspecified atom stereocenters. The highest BCUT2D eigenvalue weighted by molar-refractivity contribution is 5.85. The molecule has 1 aromatic carbocycles. The van der Waals surface area contributed by atoms with Crippen molar-refractivity contribution in [1.29, 1.82) is 0 Å². The SMILES string of the molecule is CC(=O)N1CCC(C(=O)N2CCCC3(CCCCc4ccccc4OCCN(C)C3=O)C2)CC1. The fraction of sp³-hybridized carbons (Fsp3) is 0.667. The molecule has 186 valence electrons. The first kappa shape index (κ1) is 24.6. The van der Waals surface area contributed by atoms with Gasteiger partial charge in [0.25, 0.3) is 0 Å². The predicted molar refractivity (Wildman–Crippen MR) is 130 cm³/mol. The van der Waals surface area contributed by atoms with Crippen LogP contribution in [0.2, 0.25) is 0 Å². The van der Waals surface area contributed by atoms with Crippen molar-refractivity contribution in [2.45, 2.75) is 58.3 Å². The number of rotatable bonds is 1. The second-order valence-electron chi connectivity index (χ2n) is 10.3. The monoisotopic (exact) mass is 469 g/mol. The zero-order chi connectivity index (χ0) is 24.1. The van der Waals surface area contributed by atoms with E-state index in [0.29, 0.717) is 45.6 Å². The molecule has 0 aliphatic carbocycles. The maximum Gasteiger partial charge on any atom is 0.230 e. The number of carbonyl (C=O) groups is 3. The van der Waals surface area contributed by atoms with Crippen molar-refractivity contribution in [2.24, 2.45) is 11.3 Å². The average Bonchev–Trinajstić information content (AvgIpc) is 2.86. The molecule has 3 amide bonds. The average molecular weight is 470 g/mol. The molecule has 2 saturated heterocycles. The Hall–Kier alpha value is -2.57. The van der Waals surface area contributed by atoms with E-state index in [9.17, 15) is 14.4 Å². The summed E-state index contributed by atoms with van der Waals surface area (Å²) in [7, 11) is 1.86. The molecule has 0 aromatic heterocycles. The first-order valence-corrected chi connectivity index (χ1v) is 12.9. The van der Waals surface area contributed by atoms with Crippen LogP contribution < -0.4 is 4.74 Å². The minimum absolute atomic E-state index is 0.0465. The number of hydrogen-bond donors (Lipinski definition) is 0. The quantitative estimate of drug-likeness (QED) is 0.634. The third-order valence-electron chi connectivity index (χ3n) is 7.99. The van der Waals surface area contributed by atoms with Crippen molar-refractivity contribution >= 4 is 17.7 Å². The molecular formula is C27H39N3O4. The minimum atomic E-state index is -0.512. The summed E-state index contributed by atoms with van der Waals surface area (Å²) < 4.78 is 6.03. The van der Waals surface area contributed by atoms with Gasteiger partial charge in [0.15, 0.2) is 0 Å². The van der Waals surface area contributed by atoms with Gasteiger partial charge < -0.3 is 19.4 Å². The Balaban J connectivity index is 1.46. The molecule has 1 aromatic rings. The summed E-state index contributed by atoms with van der Waals surface area (Å²) in [5.74, 6) is 1.27. The van der Waals surface area contributed by atoms with Gasteiger partial charge in [-0.25, -0.2) is 0 Å². The second-order valence-corrected chi connectivity index (χ2v) is 10.3. The normalized spacial score (nSPS) is 25.2. The van der Waals surface area contributed by atoms with E-state index in [1.165, 1.54) is 5.56 Å². The van der Waals surface area contributed by atoms with E-state index in [0.717, 1.165) is 50.8 Å². The summed E-state index contributed by atoms with van der Waals surface area (Å²) in [6, 6.07) is 8.18. The number of hydrogen-bond acceptors (Lipinski definition) is 4. The summed E-state index contributed by atoms with van der Waals surface area (Å²) in [6.07, 6.45) is 6.82. The summed E-state index contributed by atoms with van der Waals surface area (Å²) in [6.45, 7) is 5.12. The summed E-state index contributed by atoms with van der Waals surface area (Å²) in [5.41, 5.74) is 0.713. The third-order valence-corrected chi connectivity index (χ3v) is 7.99. The Morgan fingerprint density at radius 3 is 2.47 bits per heavy atom. The van der Waals surface area contributed by atoms with Crippen LogP contribution >= 0.6 is 0 Å². The number of fused-ring (bicyclic) bond motifs is 1. The van der Waals surface area contributed by atoms with Gasteiger partial charge in [-0.15, -0.1) is 0 Å². The smallest absolute Gasteiger partial charge is 0.230 e. The molecule has 4 rings (SSSR count). The van der Waals surface area contributed by atoms with E-state index in [-0.39, 0.29) is 23.6 Å². The van der Waals surface area contributed by atoms with E-state index < -0.39 is 5.41 Å². The van der Waals surface area contributed by atoms with Crippen molar-refractivity contribution < 1.29 is 19.1 Å². The van der Waals surface area contributed by atoms with Crippen molar-refractivity contribution in [1.82, 2.24) is 14.7 Å². The number of likely N-dealkylation sites (tertiary alicyclic amines) is 2. The Bertz CT molecular complexity index is 896. The van der Waals surface area contributed by atoms with Crippen molar-refractivity contribution in [3.8, 4) is 5.75 Å². The molecule has 1 atom stereocenters. The standard InChI is InChI=1S/C27H39N3O4/c1-21(31)29-16-11-23(12-17-29)25(32)30-15-7-14-27(20-30)13-6-5-9-22-8-3-4-10-24(22)34-19-18-28(2)26(27)33/h3-4,8,10,23H,5-7,9,11-20H2,1-2H3. The van der Waals surface area contributed by atoms with E-state index in [4.69, 9.17) is 4.74 Å². The predicted octanol–water partition coefficient (Wildman–Crippen LogP) is 3.12. The van der Waals surface area contributed by atoms with Crippen LogP contribution in [0.3, 0.4) is 0 Å². The lowest BCUT2D eigenvalue weighted by molar-refractivity contribution is -0.152. The number of benzene rings is 1. The summed E-state index contributed by atoms with van der Waals surface area (Å²) in [5, 5.41) is 0. The van der Waals surface area contributed by atoms with Crippen LogP contribution in [0.25, 0.3) is 0 Å². The number of ether oxygens (including phenoxy) is 1. The van der Waals surface area contributed by atoms with Gasteiger partial charge in [0, 0.05) is 46.1 Å². The Morgan fingerprint density at radius 2 is 1.71 bits per heavy atom. The van der Waals surface area contributed by atoms with Gasteiger partial charge in [0.05, 0.1) is 12.0 Å². The largest absolute Gasteiger partial charge is 0.491 e. The Kier molecular flexibility index (Phi) is 7.79. The van der Waals surface area contributed by atoms with Crippen LogP contribution in [0.4, 0.5) is 0 Å². The highest BCUT2D eigenvalue weighted by Crippen LogP contribution is 2.38. The minimum Gasteiger partial charge on any atom is -0.491 e. The number of piperidine rings is 2. The Morgan fingerprint density at radius 1 is 0.971 bits per heavy atom. The molecule has 0 radical (unpaired) electrons. The zero-order valence-electron chi connectivity index (χ0n) is 20.8. The van der Waals surface area contributed by atoms with Crippen LogP contribution in [0, 0.1) is 11.3 Å². The Labute approximate surface area is 203 Å². The molecular weight excluding hydrogens is 430 g/mol. The molecule has 3 aliphatic heterocycles. The fourth-order valence-corrected chi connectivity index (χ4v) is 5.93. The first-order valence-electron chi connectivity index (χ1n) is 12.9. The lowest BCUT2D eigenvalue weighted by Crippen LogP contribution is -2.55. The van der Waals surface area contributed by atoms with Crippen molar-refractivity contribution in [3.63, 3.8) is 0 Å². The number of nitrogens with zero attached hydrogens (tertiary/aromatic N) is 3. The molecule has 7 heteroatoms. The molecule has 1 spiro atoms. The lowest BCUT2D eigenvalue weighted by Gasteiger charge is -2.45. The second kappa shape index (κ2) is 10.8. The molecule has 0 N–H and O–H groups in total. The van der Waals surface area contributed by atoms with Gasteiger partial charge in [-0.2, -0.15) is 0 Å². The molecule has 3 heterocycles. The van der Waals surface area contributed by atoms with Crippen LogP contribution in [0.5, 0.6) is 5.75 Å². The highest BCUT2D eigenvalue weighted by atomic mass is 16.5. The number of para-hydroxylation sites is 1. The van der Waals surface area contributed by atoms with Crippen LogP contribution in [-0.4, -0.2) is 78.8 Å². The van der Waals surface area contributed by atoms with Gasteiger partial charge in [0.1, 0.15) is 12.4 Å². The molecule has 34 heavy (non-hydrogen) atoms. The van der Waals surface area contributed by atoms with Gasteiger partial charge in [-0.3, -0.25) is 14.4 Å². The molecule has 0 saturated carbocycles. The van der Waals surface area contributed by atoms with Crippen LogP contribution in [-0.2, 0) is 20.8 Å². The fourth-order valence-electron chi connectivity index (χ4n) is 5.93. The maximum absolute atomic E-state index is 13.7. The van der Waals surface area contributed by atoms with Gasteiger partial charge >= 0.3 is 0 Å². The van der Waals surface area contributed by atoms with Crippen molar-refractivity contribution in [2.75, 3.05) is 46.4 Å². The lowest BCUT2D eigenvalue weighted by atomic mass is 9.74. The number of aryl methyl sites for hydroxylation is 1. The van der Waals surface area contributed by atoms with Gasteiger partial charge in [0.2, 0.25) is 17.7 Å².